The molecule has 0 aromatic rings. The number of thioether (sulfide) groups is 1. The molecule has 0 aliphatic carbocycles. The molecule has 3 nitrogen and oxygen atoms in total. The first kappa shape index (κ1) is 12.9. The molecule has 1 aliphatic rings. The summed E-state index contributed by atoms with van der Waals surface area (Å²) in [5.74, 6) is 1.19. The van der Waals surface area contributed by atoms with E-state index >= 15 is 0 Å². The van der Waals surface area contributed by atoms with Crippen LogP contribution in [0.5, 0.6) is 0 Å². The second-order valence-corrected chi connectivity index (χ2v) is 1.83. The van der Waals surface area contributed by atoms with Crippen molar-refractivity contribution in [1.82, 2.24) is 0 Å². The zero-order valence-electron chi connectivity index (χ0n) is 4.66. The van der Waals surface area contributed by atoms with Crippen LogP contribution < -0.4 is 0 Å². The number of hydrogen-bond acceptors (Lipinski definition) is 4. The van der Waals surface area contributed by atoms with Crippen LogP contribution >= 0.6 is 11.8 Å². The Morgan fingerprint density at radius 3 is 2.00 bits per heavy atom. The van der Waals surface area contributed by atoms with Crippen LogP contribution in [0.15, 0.2) is 4.99 Å². The van der Waals surface area contributed by atoms with Crippen LogP contribution in [0.4, 0.5) is 0 Å². The standard InChI is InChI=1S/C3H5NS.2O.2Sn/c1-2-5-3-4-1;;;;/h3H,1-2H2;;;;. The third-order valence-electron chi connectivity index (χ3n) is 0.487. The van der Waals surface area contributed by atoms with Crippen molar-refractivity contribution in [2.75, 3.05) is 12.3 Å². The molecule has 0 saturated heterocycles. The molecule has 0 saturated carbocycles. The maximum absolute atomic E-state index is 8.34. The van der Waals surface area contributed by atoms with Crippen molar-refractivity contribution in [2.45, 2.75) is 0 Å². The molecular formula is C3H5NO2SSn2. The summed E-state index contributed by atoms with van der Waals surface area (Å²) in [6, 6.07) is 0. The van der Waals surface area contributed by atoms with Crippen molar-refractivity contribution in [3.05, 3.63) is 0 Å². The topological polar surface area (TPSA) is 46.5 Å². The Hall–Kier alpha value is 1.22. The monoisotopic (exact) mass is 359 g/mol. The van der Waals surface area contributed by atoms with Crippen molar-refractivity contribution in [1.29, 1.82) is 0 Å². The fraction of sp³-hybridized carbons (Fsp3) is 0.667. The third kappa shape index (κ3) is 12.4. The molecular weight excluding hydrogens is 352 g/mol. The van der Waals surface area contributed by atoms with E-state index in [0.717, 1.165) is 6.54 Å². The molecule has 6 heteroatoms. The summed E-state index contributed by atoms with van der Waals surface area (Å²) in [5.41, 5.74) is 1.90. The van der Waals surface area contributed by atoms with Gasteiger partial charge in [0, 0.05) is 12.3 Å². The van der Waals surface area contributed by atoms with Crippen LogP contribution in [-0.4, -0.2) is 62.9 Å². The summed E-state index contributed by atoms with van der Waals surface area (Å²) >= 11 is 2.38. The van der Waals surface area contributed by atoms with Gasteiger partial charge in [-0.3, -0.25) is 4.99 Å². The van der Waals surface area contributed by atoms with Gasteiger partial charge < -0.3 is 0 Å². The minimum atomic E-state index is 0.300. The van der Waals surface area contributed by atoms with Crippen molar-refractivity contribution < 1.29 is 6.15 Å². The Balaban J connectivity index is 0. The first-order chi connectivity index (χ1) is 4.50. The van der Waals surface area contributed by atoms with E-state index in [9.17, 15) is 0 Å². The molecule has 0 bridgehead atoms. The Morgan fingerprint density at radius 1 is 1.33 bits per heavy atom. The van der Waals surface area contributed by atoms with Gasteiger partial charge in [-0.05, 0) is 0 Å². The van der Waals surface area contributed by atoms with E-state index in [0.29, 0.717) is 45.0 Å². The predicted molar refractivity (Wildman–Crippen MR) is 38.7 cm³/mol. The quantitative estimate of drug-likeness (QED) is 0.563. The van der Waals surface area contributed by atoms with Crippen LogP contribution in [0.1, 0.15) is 0 Å². The first-order valence-corrected chi connectivity index (χ1v) is 5.39. The van der Waals surface area contributed by atoms with Crippen LogP contribution in [0.25, 0.3) is 0 Å². The molecule has 9 heavy (non-hydrogen) atoms. The summed E-state index contributed by atoms with van der Waals surface area (Å²) in [6.07, 6.45) is 0. The van der Waals surface area contributed by atoms with Gasteiger partial charge >= 0.3 is 51.2 Å². The first-order valence-electron chi connectivity index (χ1n) is 2.01. The van der Waals surface area contributed by atoms with Crippen LogP contribution in [0, 0.1) is 0 Å². The van der Waals surface area contributed by atoms with E-state index in [1.54, 1.807) is 11.8 Å². The molecule has 0 N–H and O–H groups in total. The fourth-order valence-electron chi connectivity index (χ4n) is 0.264. The van der Waals surface area contributed by atoms with E-state index in [-0.39, 0.29) is 0 Å². The Kier molecular flexibility index (Phi) is 23.0. The van der Waals surface area contributed by atoms with E-state index in [4.69, 9.17) is 6.15 Å². The second-order valence-electron chi connectivity index (χ2n) is 0.882. The summed E-state index contributed by atoms with van der Waals surface area (Å²) in [4.78, 5) is 3.92. The average Bonchev–Trinajstić information content (AvgIpc) is 2.51. The van der Waals surface area contributed by atoms with Crippen molar-refractivity contribution in [2.24, 2.45) is 4.99 Å². The normalized spacial score (nSPS) is 12.4. The molecule has 4 radical (unpaired) electrons. The molecule has 0 unspecified atom stereocenters. The molecule has 1 aliphatic heterocycles. The van der Waals surface area contributed by atoms with Gasteiger partial charge in [0.05, 0.1) is 5.55 Å². The molecule has 1 rings (SSSR count). The van der Waals surface area contributed by atoms with Crippen molar-refractivity contribution in [3.63, 3.8) is 0 Å². The zero-order valence-corrected chi connectivity index (χ0v) is 11.2. The molecule has 1 heterocycles. The summed E-state index contributed by atoms with van der Waals surface area (Å²) in [7, 11) is 0. The third-order valence-corrected chi connectivity index (χ3v) is 1.20. The number of rotatable bonds is 0. The van der Waals surface area contributed by atoms with E-state index < -0.39 is 0 Å². The van der Waals surface area contributed by atoms with Gasteiger partial charge in [0.2, 0.25) is 0 Å². The fourth-order valence-corrected chi connectivity index (χ4v) is 0.791. The van der Waals surface area contributed by atoms with Gasteiger partial charge in [0.1, 0.15) is 0 Å². The maximum atomic E-state index is 8.34. The number of aliphatic imine (C=N–C) groups is 1. The number of nitrogens with zero attached hydrogens (tertiary/aromatic N) is 1. The van der Waals surface area contributed by atoms with E-state index in [1.807, 2.05) is 5.55 Å². The SMILES string of the molecule is C1=NCCS1.[O]=[Sn].[O]=[Sn]. The molecule has 48 valence electrons. The van der Waals surface area contributed by atoms with E-state index in [2.05, 4.69) is 4.99 Å². The van der Waals surface area contributed by atoms with Gasteiger partial charge in [-0.15, -0.1) is 11.8 Å². The molecule has 0 spiro atoms. The van der Waals surface area contributed by atoms with Crippen molar-refractivity contribution >= 4 is 62.3 Å². The van der Waals surface area contributed by atoms with Gasteiger partial charge in [-0.2, -0.15) is 0 Å². The molecule has 0 atom stereocenters. The van der Waals surface area contributed by atoms with Crippen molar-refractivity contribution in [3.8, 4) is 0 Å². The molecule has 0 fully saturated rings. The van der Waals surface area contributed by atoms with Crippen LogP contribution in [0.3, 0.4) is 0 Å². The molecule has 0 amide bonds. The van der Waals surface area contributed by atoms with Gasteiger partial charge in [0.15, 0.2) is 0 Å². The van der Waals surface area contributed by atoms with Crippen LogP contribution in [0.2, 0.25) is 0 Å². The molecule has 0 aromatic carbocycles. The van der Waals surface area contributed by atoms with E-state index in [1.165, 1.54) is 5.75 Å². The van der Waals surface area contributed by atoms with Gasteiger partial charge in [0.25, 0.3) is 0 Å². The van der Waals surface area contributed by atoms with Gasteiger partial charge in [-0.1, -0.05) is 0 Å². The summed E-state index contributed by atoms with van der Waals surface area (Å²) in [5, 5.41) is 0. The Labute approximate surface area is 85.0 Å². The Bertz CT molecular complexity index is 74.2. The summed E-state index contributed by atoms with van der Waals surface area (Å²) in [6.45, 7) is 1.03. The molecule has 0 aromatic heterocycles. The zero-order chi connectivity index (χ0) is 7.54. The number of hydrogen-bond donors (Lipinski definition) is 0. The Morgan fingerprint density at radius 2 is 1.89 bits per heavy atom. The van der Waals surface area contributed by atoms with Gasteiger partial charge in [-0.25, -0.2) is 0 Å². The second kappa shape index (κ2) is 16.1. The predicted octanol–water partition coefficient (Wildman–Crippen LogP) is -0.238. The average molecular weight is 357 g/mol. The summed E-state index contributed by atoms with van der Waals surface area (Å²) < 4.78 is 16.7. The minimum absolute atomic E-state index is 0.300. The van der Waals surface area contributed by atoms with Crippen LogP contribution in [-0.2, 0) is 6.15 Å².